The van der Waals surface area contributed by atoms with Crippen LogP contribution in [0.4, 0.5) is 0 Å². The van der Waals surface area contributed by atoms with Crippen LogP contribution in [0.25, 0.3) is 0 Å². The zero-order valence-electron chi connectivity index (χ0n) is 15.1. The Morgan fingerprint density at radius 1 is 1.15 bits per heavy atom. The number of fused-ring (bicyclic) bond motifs is 4. The quantitative estimate of drug-likeness (QED) is 0.924. The van der Waals surface area contributed by atoms with Crippen molar-refractivity contribution in [3.8, 4) is 0 Å². The number of H-pyrrole nitrogens is 1. The molecule has 1 aromatic carbocycles. The molecule has 0 spiro atoms. The van der Waals surface area contributed by atoms with Gasteiger partial charge in [0.2, 0.25) is 0 Å². The number of aromatic nitrogens is 1. The van der Waals surface area contributed by atoms with Gasteiger partial charge in [0.15, 0.2) is 5.43 Å². The molecular formula is C21H25N3O2. The summed E-state index contributed by atoms with van der Waals surface area (Å²) < 4.78 is 0. The standard InChI is InChI=1S/C21H25N3O2/c1-15-9-20(25)19(10-22-15)21(26)24-13-17-7-8-18(14-24)23(12-17)11-16-5-3-2-4-6-16/h2-6,9-10,17-18H,7-8,11-14H2,1H3,(H,22,25)/t17-,18-/m0/s1. The number of nitrogens with zero attached hydrogens (tertiary/aromatic N) is 2. The summed E-state index contributed by atoms with van der Waals surface area (Å²) in [6.45, 7) is 5.22. The molecule has 136 valence electrons. The Morgan fingerprint density at radius 2 is 1.96 bits per heavy atom. The second-order valence-electron chi connectivity index (χ2n) is 7.62. The van der Waals surface area contributed by atoms with Gasteiger partial charge in [-0.1, -0.05) is 30.3 Å². The monoisotopic (exact) mass is 351 g/mol. The number of benzene rings is 1. The Kier molecular flexibility index (Phi) is 4.64. The number of rotatable bonds is 3. The van der Waals surface area contributed by atoms with Crippen molar-refractivity contribution in [1.29, 1.82) is 0 Å². The maximum atomic E-state index is 13.0. The number of hydrogen-bond acceptors (Lipinski definition) is 3. The summed E-state index contributed by atoms with van der Waals surface area (Å²) in [5.74, 6) is 0.343. The van der Waals surface area contributed by atoms with Crippen molar-refractivity contribution in [2.75, 3.05) is 19.6 Å². The van der Waals surface area contributed by atoms with Gasteiger partial charge in [0.25, 0.3) is 5.91 Å². The first-order chi connectivity index (χ1) is 12.6. The number of nitrogens with one attached hydrogen (secondary N) is 1. The van der Waals surface area contributed by atoms with Crippen LogP contribution < -0.4 is 5.43 Å². The zero-order chi connectivity index (χ0) is 18.1. The molecule has 1 aromatic heterocycles. The van der Waals surface area contributed by atoms with Crippen LogP contribution in [0, 0.1) is 12.8 Å². The Balaban J connectivity index is 1.52. The molecule has 3 saturated heterocycles. The van der Waals surface area contributed by atoms with Crippen LogP contribution >= 0.6 is 0 Å². The third kappa shape index (κ3) is 3.44. The van der Waals surface area contributed by atoms with E-state index < -0.39 is 0 Å². The van der Waals surface area contributed by atoms with Crippen molar-refractivity contribution in [2.24, 2.45) is 5.92 Å². The molecule has 3 fully saturated rings. The molecule has 5 heteroatoms. The van der Waals surface area contributed by atoms with Crippen molar-refractivity contribution >= 4 is 5.91 Å². The van der Waals surface area contributed by atoms with Crippen molar-refractivity contribution < 1.29 is 4.79 Å². The van der Waals surface area contributed by atoms with E-state index in [-0.39, 0.29) is 16.9 Å². The van der Waals surface area contributed by atoms with Gasteiger partial charge in [-0.2, -0.15) is 0 Å². The van der Waals surface area contributed by atoms with Crippen LogP contribution in [0.2, 0.25) is 0 Å². The predicted octanol–water partition coefficient (Wildman–Crippen LogP) is 2.42. The Labute approximate surface area is 153 Å². The zero-order valence-corrected chi connectivity index (χ0v) is 15.1. The lowest BCUT2D eigenvalue weighted by Gasteiger charge is -2.36. The molecule has 1 amide bonds. The lowest BCUT2D eigenvalue weighted by Crippen LogP contribution is -2.44. The topological polar surface area (TPSA) is 56.4 Å². The van der Waals surface area contributed by atoms with E-state index in [4.69, 9.17) is 0 Å². The molecule has 3 aliphatic rings. The van der Waals surface area contributed by atoms with E-state index in [1.807, 2.05) is 17.9 Å². The minimum absolute atomic E-state index is 0.135. The first-order valence-corrected chi connectivity index (χ1v) is 9.37. The van der Waals surface area contributed by atoms with Gasteiger partial charge in [0.1, 0.15) is 5.56 Å². The Hall–Kier alpha value is -2.40. The van der Waals surface area contributed by atoms with Crippen molar-refractivity contribution in [1.82, 2.24) is 14.8 Å². The van der Waals surface area contributed by atoms with Crippen LogP contribution in [-0.4, -0.2) is 46.4 Å². The normalized spacial score (nSPS) is 23.0. The van der Waals surface area contributed by atoms with Gasteiger partial charge in [-0.3, -0.25) is 14.5 Å². The molecule has 0 unspecified atom stereocenters. The lowest BCUT2D eigenvalue weighted by atomic mass is 9.94. The average Bonchev–Trinajstić information content (AvgIpc) is 2.94. The maximum absolute atomic E-state index is 13.0. The molecule has 5 nitrogen and oxygen atoms in total. The minimum Gasteiger partial charge on any atom is -0.364 e. The van der Waals surface area contributed by atoms with Crippen molar-refractivity contribution in [3.63, 3.8) is 0 Å². The van der Waals surface area contributed by atoms with Gasteiger partial charge < -0.3 is 9.88 Å². The number of aryl methyl sites for hydroxylation is 1. The molecule has 26 heavy (non-hydrogen) atoms. The van der Waals surface area contributed by atoms with Gasteiger partial charge in [-0.25, -0.2) is 0 Å². The Bertz CT molecular complexity index is 846. The van der Waals surface area contributed by atoms with E-state index >= 15 is 0 Å². The SMILES string of the molecule is Cc1cc(=O)c(C(=O)N2C[C@H]3CC[C@@H](C2)N(Cc2ccccc2)C3)c[nH]1. The fourth-order valence-corrected chi connectivity index (χ4v) is 4.27. The molecule has 4 heterocycles. The molecule has 2 bridgehead atoms. The molecule has 1 N–H and O–H groups in total. The van der Waals surface area contributed by atoms with Crippen LogP contribution in [0.1, 0.15) is 34.5 Å². The molecule has 5 rings (SSSR count). The predicted molar refractivity (Wildman–Crippen MR) is 101 cm³/mol. The highest BCUT2D eigenvalue weighted by atomic mass is 16.2. The summed E-state index contributed by atoms with van der Waals surface area (Å²) in [6.07, 6.45) is 3.84. The van der Waals surface area contributed by atoms with E-state index in [0.717, 1.165) is 38.2 Å². The second-order valence-corrected chi connectivity index (χ2v) is 7.62. The van der Waals surface area contributed by atoms with E-state index in [2.05, 4.69) is 34.1 Å². The van der Waals surface area contributed by atoms with Crippen LogP contribution in [0.3, 0.4) is 0 Å². The number of carbonyl (C=O) groups excluding carboxylic acids is 1. The summed E-state index contributed by atoms with van der Waals surface area (Å²) in [4.78, 5) is 32.6. The maximum Gasteiger partial charge on any atom is 0.259 e. The average molecular weight is 351 g/mol. The molecule has 2 atom stereocenters. The first kappa shape index (κ1) is 17.0. The highest BCUT2D eigenvalue weighted by Crippen LogP contribution is 2.29. The molecule has 0 radical (unpaired) electrons. The second kappa shape index (κ2) is 7.08. The summed E-state index contributed by atoms with van der Waals surface area (Å²) in [5, 5.41) is 0. The number of carbonyl (C=O) groups is 1. The summed E-state index contributed by atoms with van der Waals surface area (Å²) in [6, 6.07) is 12.4. The lowest BCUT2D eigenvalue weighted by molar-refractivity contribution is 0.0734. The number of aromatic amines is 1. The number of pyridine rings is 1. The van der Waals surface area contributed by atoms with Gasteiger partial charge in [0, 0.05) is 50.2 Å². The highest BCUT2D eigenvalue weighted by Gasteiger charge is 2.36. The first-order valence-electron chi connectivity index (χ1n) is 9.37. The van der Waals surface area contributed by atoms with E-state index in [1.165, 1.54) is 11.6 Å². The summed E-state index contributed by atoms with van der Waals surface area (Å²) >= 11 is 0. The fraction of sp³-hybridized carbons (Fsp3) is 0.429. The smallest absolute Gasteiger partial charge is 0.259 e. The van der Waals surface area contributed by atoms with Gasteiger partial charge >= 0.3 is 0 Å². The van der Waals surface area contributed by atoms with E-state index in [1.54, 1.807) is 6.20 Å². The van der Waals surface area contributed by atoms with Gasteiger partial charge in [-0.05, 0) is 31.2 Å². The van der Waals surface area contributed by atoms with E-state index in [9.17, 15) is 9.59 Å². The van der Waals surface area contributed by atoms with Gasteiger partial charge in [0.05, 0.1) is 0 Å². The highest BCUT2D eigenvalue weighted by molar-refractivity contribution is 5.93. The number of hydrogen-bond donors (Lipinski definition) is 1. The fourth-order valence-electron chi connectivity index (χ4n) is 4.27. The van der Waals surface area contributed by atoms with E-state index in [0.29, 0.717) is 18.5 Å². The van der Waals surface area contributed by atoms with Crippen LogP contribution in [-0.2, 0) is 6.54 Å². The molecular weight excluding hydrogens is 326 g/mol. The number of piperidine rings is 1. The van der Waals surface area contributed by atoms with Crippen molar-refractivity contribution in [2.45, 2.75) is 32.4 Å². The van der Waals surface area contributed by atoms with Crippen LogP contribution in [0.5, 0.6) is 0 Å². The van der Waals surface area contributed by atoms with Gasteiger partial charge in [-0.15, -0.1) is 0 Å². The third-order valence-electron chi connectivity index (χ3n) is 5.63. The minimum atomic E-state index is -0.191. The van der Waals surface area contributed by atoms with Crippen LogP contribution in [0.15, 0.2) is 47.4 Å². The third-order valence-corrected chi connectivity index (χ3v) is 5.63. The molecule has 3 aliphatic heterocycles. The molecule has 0 saturated carbocycles. The number of amides is 1. The Morgan fingerprint density at radius 3 is 2.73 bits per heavy atom. The summed E-state index contributed by atoms with van der Waals surface area (Å²) in [7, 11) is 0. The molecule has 0 aliphatic carbocycles. The van der Waals surface area contributed by atoms with Crippen molar-refractivity contribution in [3.05, 3.63) is 69.6 Å². The summed E-state index contributed by atoms with van der Waals surface area (Å²) in [5.41, 5.74) is 2.15. The largest absolute Gasteiger partial charge is 0.364 e. The molecule has 2 aromatic rings.